The fraction of sp³-hybridized carbons (Fsp3) is 0.167. The van der Waals surface area contributed by atoms with Gasteiger partial charge in [0.05, 0.1) is 22.2 Å². The number of nitro benzene ring substituents is 1. The molecule has 1 amide bonds. The fourth-order valence-corrected chi connectivity index (χ4v) is 2.41. The third kappa shape index (κ3) is 3.33. The summed E-state index contributed by atoms with van der Waals surface area (Å²) in [6.45, 7) is 2.07. The van der Waals surface area contributed by atoms with Crippen LogP contribution in [-0.4, -0.2) is 15.8 Å². The molecule has 8 nitrogen and oxygen atoms in total. The molecule has 0 unspecified atom stereocenters. The number of nitro groups is 1. The van der Waals surface area contributed by atoms with Gasteiger partial charge in [0, 0.05) is 5.38 Å². The number of nitrogens with zero attached hydrogens (tertiary/aromatic N) is 2. The fourth-order valence-electron chi connectivity index (χ4n) is 1.80. The van der Waals surface area contributed by atoms with Crippen molar-refractivity contribution in [2.45, 2.75) is 13.5 Å². The van der Waals surface area contributed by atoms with E-state index in [2.05, 4.69) is 15.7 Å². The molecule has 110 valence electrons. The van der Waals surface area contributed by atoms with Crippen LogP contribution in [0.3, 0.4) is 0 Å². The van der Waals surface area contributed by atoms with E-state index in [4.69, 9.17) is 5.84 Å². The molecule has 0 spiro atoms. The molecule has 0 aliphatic rings. The predicted octanol–water partition coefficient (Wildman–Crippen LogP) is 1.58. The second-order valence-corrected chi connectivity index (χ2v) is 5.21. The van der Waals surface area contributed by atoms with Crippen LogP contribution in [0.25, 0.3) is 0 Å². The first-order valence-electron chi connectivity index (χ1n) is 5.96. The van der Waals surface area contributed by atoms with Gasteiger partial charge in [-0.05, 0) is 19.1 Å². The van der Waals surface area contributed by atoms with Crippen molar-refractivity contribution in [3.05, 3.63) is 50.0 Å². The van der Waals surface area contributed by atoms with E-state index in [0.29, 0.717) is 5.69 Å². The number of nitrogen functional groups attached to an aromatic ring is 1. The van der Waals surface area contributed by atoms with Gasteiger partial charge >= 0.3 is 5.69 Å². The Morgan fingerprint density at radius 1 is 1.52 bits per heavy atom. The largest absolute Gasteiger partial charge is 0.346 e. The number of hydrogen-bond acceptors (Lipinski definition) is 7. The number of aryl methyl sites for hydroxylation is 1. The molecule has 0 aliphatic heterocycles. The van der Waals surface area contributed by atoms with Crippen molar-refractivity contribution >= 4 is 28.6 Å². The van der Waals surface area contributed by atoms with Crippen LogP contribution in [0.15, 0.2) is 23.6 Å². The van der Waals surface area contributed by atoms with Gasteiger partial charge in [0.25, 0.3) is 5.91 Å². The number of thiazole rings is 1. The zero-order valence-corrected chi connectivity index (χ0v) is 11.9. The molecule has 2 aromatic rings. The smallest absolute Gasteiger partial charge is 0.306 e. The highest BCUT2D eigenvalue weighted by molar-refractivity contribution is 7.09. The van der Waals surface area contributed by atoms with E-state index in [-0.39, 0.29) is 23.5 Å². The lowest BCUT2D eigenvalue weighted by Gasteiger charge is -2.07. The summed E-state index contributed by atoms with van der Waals surface area (Å²) < 4.78 is 0. The number of hydrogen-bond donors (Lipinski definition) is 3. The van der Waals surface area contributed by atoms with Crippen LogP contribution in [0.4, 0.5) is 11.4 Å². The highest BCUT2D eigenvalue weighted by Gasteiger charge is 2.24. The molecule has 0 atom stereocenters. The minimum absolute atomic E-state index is 0.0533. The number of aromatic nitrogens is 1. The summed E-state index contributed by atoms with van der Waals surface area (Å²) in [6.07, 6.45) is 0. The number of para-hydroxylation sites is 1. The Balaban J connectivity index is 2.20. The molecule has 0 saturated heterocycles. The van der Waals surface area contributed by atoms with Crippen molar-refractivity contribution in [2.24, 2.45) is 5.84 Å². The predicted molar refractivity (Wildman–Crippen MR) is 78.9 cm³/mol. The van der Waals surface area contributed by atoms with E-state index in [1.165, 1.54) is 29.5 Å². The van der Waals surface area contributed by atoms with E-state index >= 15 is 0 Å². The van der Waals surface area contributed by atoms with Crippen LogP contribution in [0.2, 0.25) is 0 Å². The minimum Gasteiger partial charge on any atom is -0.346 e. The van der Waals surface area contributed by atoms with E-state index in [0.717, 1.165) is 5.01 Å². The van der Waals surface area contributed by atoms with Gasteiger partial charge in [-0.25, -0.2) is 4.98 Å². The SMILES string of the molecule is Cc1nc(CNC(=O)c2cccc(NN)c2[N+](=O)[O-])cs1. The summed E-state index contributed by atoms with van der Waals surface area (Å²) in [5, 5.41) is 16.4. The van der Waals surface area contributed by atoms with Gasteiger partial charge in [0.1, 0.15) is 11.3 Å². The number of carbonyl (C=O) groups is 1. The van der Waals surface area contributed by atoms with Gasteiger partial charge in [-0.2, -0.15) is 0 Å². The average Bonchev–Trinajstić information content (AvgIpc) is 2.89. The van der Waals surface area contributed by atoms with Gasteiger partial charge in [-0.15, -0.1) is 11.3 Å². The second kappa shape index (κ2) is 6.29. The number of hydrazine groups is 1. The Morgan fingerprint density at radius 2 is 2.29 bits per heavy atom. The first kappa shape index (κ1) is 14.9. The Labute approximate surface area is 124 Å². The topological polar surface area (TPSA) is 123 Å². The Bertz CT molecular complexity index is 685. The van der Waals surface area contributed by atoms with Crippen molar-refractivity contribution in [3.63, 3.8) is 0 Å². The zero-order chi connectivity index (χ0) is 15.4. The van der Waals surface area contributed by atoms with Crippen molar-refractivity contribution in [1.29, 1.82) is 0 Å². The molecule has 0 radical (unpaired) electrons. The molecule has 4 N–H and O–H groups in total. The van der Waals surface area contributed by atoms with E-state index in [1.807, 2.05) is 12.3 Å². The maximum Gasteiger partial charge on any atom is 0.306 e. The average molecular weight is 307 g/mol. The highest BCUT2D eigenvalue weighted by Crippen LogP contribution is 2.27. The van der Waals surface area contributed by atoms with Gasteiger partial charge in [-0.1, -0.05) is 6.07 Å². The van der Waals surface area contributed by atoms with Gasteiger partial charge < -0.3 is 10.7 Å². The van der Waals surface area contributed by atoms with Gasteiger partial charge in [0.15, 0.2) is 0 Å². The van der Waals surface area contributed by atoms with E-state index in [9.17, 15) is 14.9 Å². The summed E-state index contributed by atoms with van der Waals surface area (Å²) in [4.78, 5) is 26.8. The van der Waals surface area contributed by atoms with Crippen molar-refractivity contribution < 1.29 is 9.72 Å². The summed E-state index contributed by atoms with van der Waals surface area (Å²) in [5.74, 6) is 4.68. The van der Waals surface area contributed by atoms with Crippen molar-refractivity contribution in [1.82, 2.24) is 10.3 Å². The molecule has 0 aliphatic carbocycles. The number of carbonyl (C=O) groups excluding carboxylic acids is 1. The third-order valence-electron chi connectivity index (χ3n) is 2.72. The van der Waals surface area contributed by atoms with Crippen LogP contribution in [0.5, 0.6) is 0 Å². The molecule has 1 heterocycles. The Morgan fingerprint density at radius 3 is 2.86 bits per heavy atom. The quantitative estimate of drug-likeness (QED) is 0.438. The number of benzene rings is 1. The molecule has 0 fully saturated rings. The summed E-state index contributed by atoms with van der Waals surface area (Å²) in [6, 6.07) is 4.32. The highest BCUT2D eigenvalue weighted by atomic mass is 32.1. The van der Waals surface area contributed by atoms with Crippen molar-refractivity contribution in [2.75, 3.05) is 5.43 Å². The molecule has 0 bridgehead atoms. The standard InChI is InChI=1S/C12H13N5O3S/c1-7-15-8(6-21-7)5-14-12(18)9-3-2-4-10(16-13)11(9)17(19)20/h2-4,6,16H,5,13H2,1H3,(H,14,18). The molecular formula is C12H13N5O3S. The number of nitrogens with one attached hydrogen (secondary N) is 2. The monoisotopic (exact) mass is 307 g/mol. The Hall–Kier alpha value is -2.52. The first-order valence-corrected chi connectivity index (χ1v) is 6.84. The van der Waals surface area contributed by atoms with Crippen LogP contribution < -0.4 is 16.6 Å². The molecule has 21 heavy (non-hydrogen) atoms. The summed E-state index contributed by atoms with van der Waals surface area (Å²) in [5.41, 5.74) is 2.60. The number of nitrogens with two attached hydrogens (primary N) is 1. The van der Waals surface area contributed by atoms with Gasteiger partial charge in [0.2, 0.25) is 0 Å². The van der Waals surface area contributed by atoms with Crippen molar-refractivity contribution in [3.8, 4) is 0 Å². The lowest BCUT2D eigenvalue weighted by atomic mass is 10.1. The molecule has 1 aromatic carbocycles. The van der Waals surface area contributed by atoms with E-state index in [1.54, 1.807) is 0 Å². The molecule has 0 saturated carbocycles. The second-order valence-electron chi connectivity index (χ2n) is 4.14. The zero-order valence-electron chi connectivity index (χ0n) is 11.1. The first-order chi connectivity index (χ1) is 10.0. The number of anilines is 1. The van der Waals surface area contributed by atoms with Crippen LogP contribution in [0, 0.1) is 17.0 Å². The van der Waals surface area contributed by atoms with Crippen LogP contribution >= 0.6 is 11.3 Å². The molecule has 9 heteroatoms. The molecular weight excluding hydrogens is 294 g/mol. The van der Waals surface area contributed by atoms with Crippen LogP contribution in [-0.2, 0) is 6.54 Å². The maximum absolute atomic E-state index is 12.1. The van der Waals surface area contributed by atoms with E-state index < -0.39 is 10.8 Å². The normalized spacial score (nSPS) is 10.2. The summed E-state index contributed by atoms with van der Waals surface area (Å²) >= 11 is 1.47. The lowest BCUT2D eigenvalue weighted by Crippen LogP contribution is -2.24. The lowest BCUT2D eigenvalue weighted by molar-refractivity contribution is -0.384. The van der Waals surface area contributed by atoms with Crippen LogP contribution in [0.1, 0.15) is 21.1 Å². The summed E-state index contributed by atoms with van der Waals surface area (Å²) in [7, 11) is 0. The van der Waals surface area contributed by atoms with Gasteiger partial charge in [-0.3, -0.25) is 20.8 Å². The number of amides is 1. The third-order valence-corrected chi connectivity index (χ3v) is 3.54. The Kier molecular flexibility index (Phi) is 4.45. The number of rotatable bonds is 5. The molecule has 1 aromatic heterocycles. The molecule has 2 rings (SSSR count). The maximum atomic E-state index is 12.1. The minimum atomic E-state index is -0.642.